The molecule has 0 bridgehead atoms. The van der Waals surface area contributed by atoms with Gasteiger partial charge in [0.1, 0.15) is 0 Å². The average molecular weight is 1980 g/mol. The van der Waals surface area contributed by atoms with Crippen molar-refractivity contribution in [2.75, 3.05) is 0 Å². The maximum absolute atomic E-state index is 9.08. The highest BCUT2D eigenvalue weighted by molar-refractivity contribution is 7.81. The summed E-state index contributed by atoms with van der Waals surface area (Å²) in [6, 6.07) is 0. The van der Waals surface area contributed by atoms with E-state index in [-0.39, 0.29) is 590 Å². The minimum absolute atomic E-state index is 0. The minimum atomic E-state index is -4.61. The first-order chi connectivity index (χ1) is 7.68. The van der Waals surface area contributed by atoms with E-state index in [0.29, 0.717) is 0 Å². The highest BCUT2D eigenvalue weighted by Gasteiger charge is 1.98. The van der Waals surface area contributed by atoms with Crippen molar-refractivity contribution in [3.63, 3.8) is 0 Å². The molecule has 0 radical (unpaired) electrons. The molecule has 0 aliphatic heterocycles. The van der Waals surface area contributed by atoms with Crippen LogP contribution < -0.4 is 590 Å². The molecule has 0 saturated carbocycles. The van der Waals surface area contributed by atoms with Gasteiger partial charge in [-0.2, -0.15) is 25.3 Å². The zero-order chi connectivity index (χ0) is 15.6. The van der Waals surface area contributed by atoms with Crippen LogP contribution in [0, 0.1) is 0 Å². The Kier molecular flexibility index (Phi) is 455000. The van der Waals surface area contributed by atoms with Gasteiger partial charge in [0, 0.05) is 0 Å². The smallest absolute Gasteiger partial charge is 0.344 e. The Balaban J connectivity index is -0.000000000215. The molecule has 0 unspecified atom stereocenters. The van der Waals surface area contributed by atoms with Gasteiger partial charge >= 0.3 is 31.2 Å². The lowest BCUT2D eigenvalue weighted by molar-refractivity contribution is -0.139. The first kappa shape index (κ1) is 11400. The summed E-state index contributed by atoms with van der Waals surface area (Å²) in [6.07, 6.45) is 0. The number of hydrogen-bond acceptors (Lipinski definition) is 108. The van der Waals surface area contributed by atoms with Crippen LogP contribution in [0.1, 0.15) is 0 Å². The SMILES string of the molecule is N.N.N.N.N.N.N.N.N.N.N.N.N.N.N.N.N.N.N.N.N.N.N.N.N.N.N.N.N.N.N.N.N.N.N.N.N.N.N.N.N.N.N.N.N.N.N.N.N.N.N.N.N.N.N.N.N.N.N.N.N.N.N.N.N.N.N.N.N.N.N.N.N.N.N.N.N.N.N.N.N.N.N.N.N.N.N.N.N.N.N.N.N.N.N.N.O=S(=O)(O)OO.O=S(=O)(O)OO.O=S(=O)(O)OO. The van der Waals surface area contributed by atoms with Gasteiger partial charge in [0.05, 0.1) is 0 Å². The van der Waals surface area contributed by atoms with Crippen LogP contribution in [0.5, 0.6) is 0 Å². The fraction of sp³-hybridized carbons (Fsp3) is 0. The highest BCUT2D eigenvalue weighted by Crippen LogP contribution is 1.75. The summed E-state index contributed by atoms with van der Waals surface area (Å²) in [6.45, 7) is 0. The predicted octanol–water partition coefficient (Wildman–Crippen LogP) is 13.4. The number of rotatable bonds is 3. The van der Waals surface area contributed by atoms with Crippen molar-refractivity contribution in [1.29, 1.82) is 0 Å². The third-order valence-corrected chi connectivity index (χ3v) is 0.848. The lowest BCUT2D eigenvalue weighted by Crippen LogP contribution is -1.97. The Morgan fingerprint density at radius 3 is 0.0965 bits per heavy atom. The summed E-state index contributed by atoms with van der Waals surface area (Å²) in [7, 11) is -13.8. The van der Waals surface area contributed by atoms with Crippen molar-refractivity contribution in [3.8, 4) is 0 Å². The Morgan fingerprint density at radius 1 is 0.0877 bits per heavy atom. The van der Waals surface area contributed by atoms with Crippen LogP contribution in [0.25, 0.3) is 0 Å². The third kappa shape index (κ3) is 56600. The zero-order valence-electron chi connectivity index (χ0n) is 75.5. The van der Waals surface area contributed by atoms with E-state index < -0.39 is 31.2 Å². The van der Waals surface area contributed by atoms with E-state index in [2.05, 4.69) is 13.0 Å². The van der Waals surface area contributed by atoms with E-state index in [0.717, 1.165) is 0 Å². The van der Waals surface area contributed by atoms with Gasteiger partial charge in [-0.1, -0.05) is 13.0 Å². The Bertz CT molecular complexity index is 466. The highest BCUT2D eigenvalue weighted by atomic mass is 32.3. The molecule has 0 saturated heterocycles. The van der Waals surface area contributed by atoms with Crippen LogP contribution in [0.3, 0.4) is 0 Å². The van der Waals surface area contributed by atoms with Crippen LogP contribution >= 0.6 is 0 Å². The van der Waals surface area contributed by atoms with Gasteiger partial charge in [0.2, 0.25) is 0 Å². The van der Waals surface area contributed by atoms with Gasteiger partial charge in [-0.3, -0.25) is 13.7 Å². The second-order valence-electron chi connectivity index (χ2n) is 1.51. The van der Waals surface area contributed by atoms with Crippen molar-refractivity contribution in [2.24, 2.45) is 0 Å². The van der Waals surface area contributed by atoms with Crippen molar-refractivity contribution < 1.29 is 67.7 Å². The molecule has 111 nitrogen and oxygen atoms in total. The molecule has 0 spiro atoms. The summed E-state index contributed by atoms with van der Waals surface area (Å²) >= 11 is 0. The summed E-state index contributed by atoms with van der Waals surface area (Å²) in [5.74, 6) is 0. The van der Waals surface area contributed by atoms with Crippen molar-refractivity contribution in [2.45, 2.75) is 0 Å². The molecule has 0 aliphatic rings. The van der Waals surface area contributed by atoms with Crippen LogP contribution in [-0.4, -0.2) is 54.7 Å². The maximum atomic E-state index is 9.08. The minimum Gasteiger partial charge on any atom is -0.344 e. The molecule has 0 aliphatic carbocycles. The zero-order valence-corrected chi connectivity index (χ0v) is 77.9. The fourth-order valence-electron chi connectivity index (χ4n) is 0. The summed E-state index contributed by atoms with van der Waals surface area (Å²) in [5, 5.41) is 21.2. The summed E-state index contributed by atoms with van der Waals surface area (Å²) in [5.41, 5.74) is 0. The molecule has 882 valence electrons. The van der Waals surface area contributed by atoms with E-state index in [1.54, 1.807) is 0 Å². The van der Waals surface area contributed by atoms with E-state index in [1.807, 2.05) is 0 Å². The Morgan fingerprint density at radius 2 is 0.0965 bits per heavy atom. The molecule has 0 fully saturated rings. The van der Waals surface area contributed by atoms with E-state index >= 15 is 0 Å². The standard InChI is InChI=1S/96H3N.3H2O5S/c;;;;;;;;;;;;;;;;;;;;;;;;;;;;;;;;;;;;;;;;;;;;;;;;;;;;;;;;;;;;;;;;;;;;;;;;;;;;;;;;;;;;;;;;;;;;;;;;3*1-5-6(2,3)4/h96*1H3;3*1H,(H,2,3,4). The monoisotopic (exact) mass is 1980 g/mol. The molecule has 294 N–H and O–H groups in total. The van der Waals surface area contributed by atoms with Gasteiger partial charge in [0.25, 0.3) is 0 Å². The van der Waals surface area contributed by atoms with E-state index in [9.17, 15) is 0 Å². The van der Waals surface area contributed by atoms with E-state index in [4.69, 9.17) is 54.7 Å². The van der Waals surface area contributed by atoms with Gasteiger partial charge in [-0.05, 0) is 0 Å². The molecule has 0 heterocycles. The third-order valence-electron chi connectivity index (χ3n) is 0.283. The molecule has 0 atom stereocenters. The normalized spacial score (nSPS) is 1.84. The Labute approximate surface area is 688 Å². The van der Waals surface area contributed by atoms with Crippen LogP contribution in [0.15, 0.2) is 0 Å². The first-order valence-corrected chi connectivity index (χ1v) is 6.69. The van der Waals surface area contributed by atoms with Gasteiger partial charge in [-0.15, -0.1) is 0 Å². The molecule has 114 heteroatoms. The summed E-state index contributed by atoms with van der Waals surface area (Å²) < 4.78 is 83.9. The molecule has 114 heavy (non-hydrogen) atoms. The maximum Gasteiger partial charge on any atom is 0.423 e. The quantitative estimate of drug-likeness (QED) is 0.0709. The second kappa shape index (κ2) is 4540. The van der Waals surface area contributed by atoms with Crippen molar-refractivity contribution in [3.05, 3.63) is 0 Å². The lowest BCUT2D eigenvalue weighted by atomic mass is 14.0. The molecular weight excluding hydrogens is 1680 g/mol. The van der Waals surface area contributed by atoms with Gasteiger partial charge < -0.3 is 590 Å². The summed E-state index contributed by atoms with van der Waals surface area (Å²) in [4.78, 5) is 0. The van der Waals surface area contributed by atoms with Crippen molar-refractivity contribution >= 4 is 31.2 Å². The van der Waals surface area contributed by atoms with Crippen LogP contribution in [0.4, 0.5) is 0 Å². The average Bonchev–Trinajstić information content (AvgIpc) is 2.16. The topological polar surface area (TPSA) is 3610 Å². The second-order valence-corrected chi connectivity index (χ2v) is 4.52. The number of hydrogen-bond donors (Lipinski definition) is 102. The lowest BCUT2D eigenvalue weighted by Gasteiger charge is -1.79. The molecule has 0 rings (SSSR count). The van der Waals surface area contributed by atoms with Crippen LogP contribution in [-0.2, 0) is 44.2 Å². The predicted molar refractivity (Wildman–Crippen MR) is 528 cm³/mol. The van der Waals surface area contributed by atoms with Gasteiger partial charge in [0.15, 0.2) is 0 Å². The molecule has 0 aromatic heterocycles. The largest absolute Gasteiger partial charge is 0.423 e. The molecular formula is H294N96O15S3. The van der Waals surface area contributed by atoms with Crippen molar-refractivity contribution in [1.82, 2.24) is 590 Å². The molecule has 0 aromatic rings. The van der Waals surface area contributed by atoms with Crippen LogP contribution in [0.2, 0.25) is 0 Å². The fourth-order valence-corrected chi connectivity index (χ4v) is 0. The Hall–Kier alpha value is -4.35. The van der Waals surface area contributed by atoms with E-state index in [1.165, 1.54) is 0 Å². The molecule has 0 aromatic carbocycles. The molecule has 0 amide bonds. The first-order valence-electron chi connectivity index (χ1n) is 2.60. The van der Waals surface area contributed by atoms with Gasteiger partial charge in [-0.25, -0.2) is 15.8 Å².